The van der Waals surface area contributed by atoms with Crippen LogP contribution in [0.4, 0.5) is 5.82 Å². The average molecular weight is 628 g/mol. The molecule has 2 fully saturated rings. The van der Waals surface area contributed by atoms with Gasteiger partial charge in [0.05, 0.1) is 12.9 Å². The number of nitrogens with one attached hydrogen (secondary N) is 2. The van der Waals surface area contributed by atoms with Crippen LogP contribution in [0.25, 0.3) is 22.1 Å². The van der Waals surface area contributed by atoms with Crippen LogP contribution >= 0.6 is 11.6 Å². The topological polar surface area (TPSA) is 127 Å². The Bertz CT molecular complexity index is 1810. The first-order valence-corrected chi connectivity index (χ1v) is 15.7. The van der Waals surface area contributed by atoms with Crippen LogP contribution in [0, 0.1) is 0 Å². The molecule has 2 N–H and O–H groups in total. The van der Waals surface area contributed by atoms with Gasteiger partial charge in [-0.05, 0) is 60.9 Å². The van der Waals surface area contributed by atoms with Crippen LogP contribution in [0.1, 0.15) is 49.5 Å². The summed E-state index contributed by atoms with van der Waals surface area (Å²) >= 11 is 6.44. The number of aromatic amines is 1. The smallest absolute Gasteiger partial charge is 0.329 e. The number of nitrogens with zero attached hydrogens (tertiary/aromatic N) is 5. The van der Waals surface area contributed by atoms with E-state index in [9.17, 15) is 9.59 Å². The highest BCUT2D eigenvalue weighted by Crippen LogP contribution is 2.35. The van der Waals surface area contributed by atoms with Crippen LogP contribution < -0.4 is 10.2 Å². The van der Waals surface area contributed by atoms with Gasteiger partial charge in [0, 0.05) is 36.2 Å². The highest BCUT2D eigenvalue weighted by atomic mass is 35.5. The monoisotopic (exact) mass is 627 g/mol. The lowest BCUT2D eigenvalue weighted by Crippen LogP contribution is -2.48. The number of imidazole rings is 1. The number of hydrogen-bond acceptors (Lipinski definition) is 8. The number of benzene rings is 2. The predicted molar refractivity (Wildman–Crippen MR) is 170 cm³/mol. The summed E-state index contributed by atoms with van der Waals surface area (Å²) in [6, 6.07) is 16.5. The van der Waals surface area contributed by atoms with E-state index in [2.05, 4.69) is 25.3 Å². The largest absolute Gasteiger partial charge is 0.459 e. The van der Waals surface area contributed by atoms with Gasteiger partial charge in [0.25, 0.3) is 0 Å². The predicted octanol–water partition coefficient (Wildman–Crippen LogP) is 5.10. The van der Waals surface area contributed by atoms with Gasteiger partial charge in [-0.15, -0.1) is 0 Å². The van der Waals surface area contributed by atoms with E-state index in [4.69, 9.17) is 21.1 Å². The summed E-state index contributed by atoms with van der Waals surface area (Å²) in [5, 5.41) is 4.03. The maximum atomic E-state index is 13.7. The van der Waals surface area contributed by atoms with Crippen LogP contribution in [0.5, 0.6) is 0 Å². The number of H-pyrrole nitrogens is 1. The lowest BCUT2D eigenvalue weighted by molar-refractivity contribution is -0.149. The van der Waals surface area contributed by atoms with Crippen LogP contribution in [-0.4, -0.2) is 61.6 Å². The first-order chi connectivity index (χ1) is 22.0. The van der Waals surface area contributed by atoms with Crippen molar-refractivity contribution in [2.24, 2.45) is 0 Å². The second-order valence-corrected chi connectivity index (χ2v) is 11.9. The Balaban J connectivity index is 1.13. The number of para-hydroxylation sites is 1. The van der Waals surface area contributed by atoms with Crippen molar-refractivity contribution in [1.29, 1.82) is 0 Å². The van der Waals surface area contributed by atoms with Crippen LogP contribution in [-0.2, 0) is 32.1 Å². The van der Waals surface area contributed by atoms with Crippen molar-refractivity contribution in [3.63, 3.8) is 0 Å². The van der Waals surface area contributed by atoms with Crippen molar-refractivity contribution in [3.05, 3.63) is 83.5 Å². The Morgan fingerprint density at radius 1 is 1.09 bits per heavy atom. The number of anilines is 1. The number of amides is 1. The summed E-state index contributed by atoms with van der Waals surface area (Å²) in [7, 11) is 0. The van der Waals surface area contributed by atoms with Gasteiger partial charge in [-0.3, -0.25) is 9.36 Å². The third-order valence-corrected chi connectivity index (χ3v) is 8.53. The van der Waals surface area contributed by atoms with Gasteiger partial charge >= 0.3 is 5.97 Å². The third kappa shape index (κ3) is 6.50. The lowest BCUT2D eigenvalue weighted by atomic mass is 10.0. The fourth-order valence-electron chi connectivity index (χ4n) is 5.93. The molecular formula is C33H34ClN7O4. The molecule has 1 aliphatic heterocycles. The number of carbonyl (C=O) groups excluding carboxylic acids is 2. The normalized spacial score (nSPS) is 17.3. The van der Waals surface area contributed by atoms with E-state index in [1.807, 2.05) is 70.3 Å². The maximum absolute atomic E-state index is 13.7. The Hall–Kier alpha value is -4.48. The molecule has 0 bridgehead atoms. The molecule has 12 heteroatoms. The molecule has 3 aromatic heterocycles. The molecular weight excluding hydrogens is 594 g/mol. The molecule has 4 heterocycles. The van der Waals surface area contributed by atoms with Crippen LogP contribution in [0.3, 0.4) is 0 Å². The Morgan fingerprint density at radius 3 is 2.71 bits per heavy atom. The van der Waals surface area contributed by atoms with Gasteiger partial charge < -0.3 is 24.7 Å². The Kier molecular flexibility index (Phi) is 8.36. The summed E-state index contributed by atoms with van der Waals surface area (Å²) < 4.78 is 13.6. The molecule has 1 aliphatic carbocycles. The standard InChI is InChI=1S/C33H34ClN7O4/c34-33-38-30(29-31(39-33)41(20-36-29)28-12-6-7-15-44-28)40(23-13-14-23)18-27(42)37-26(32(43)45-19-21-8-2-1-3-9-21)16-22-17-35-25-11-5-4-10-24(22)25/h1-5,8-11,17,20,23,26,28,35H,6-7,12-16,18-19H2,(H,37,42)/t26-,28?/m0/s1. The summed E-state index contributed by atoms with van der Waals surface area (Å²) in [6.07, 6.45) is 8.41. The third-order valence-electron chi connectivity index (χ3n) is 8.36. The summed E-state index contributed by atoms with van der Waals surface area (Å²) in [5.41, 5.74) is 3.87. The van der Waals surface area contributed by atoms with E-state index in [1.165, 1.54) is 0 Å². The molecule has 1 amide bonds. The molecule has 232 valence electrons. The first-order valence-electron chi connectivity index (χ1n) is 15.4. The fourth-order valence-corrected chi connectivity index (χ4v) is 6.09. The van der Waals surface area contributed by atoms with Crippen LogP contribution in [0.15, 0.2) is 67.1 Å². The van der Waals surface area contributed by atoms with Gasteiger partial charge in [-0.25, -0.2) is 9.78 Å². The summed E-state index contributed by atoms with van der Waals surface area (Å²) in [5.74, 6) is -0.340. The van der Waals surface area contributed by atoms with E-state index in [0.29, 0.717) is 23.6 Å². The number of fused-ring (bicyclic) bond motifs is 2. The zero-order chi connectivity index (χ0) is 30.8. The van der Waals surface area contributed by atoms with Gasteiger partial charge in [-0.1, -0.05) is 48.5 Å². The molecule has 11 nitrogen and oxygen atoms in total. The fraction of sp³-hybridized carbons (Fsp3) is 0.364. The Morgan fingerprint density at radius 2 is 1.91 bits per heavy atom. The van der Waals surface area contributed by atoms with Crippen molar-refractivity contribution in [1.82, 2.24) is 29.8 Å². The number of hydrogen-bond donors (Lipinski definition) is 2. The zero-order valence-corrected chi connectivity index (χ0v) is 25.4. The van der Waals surface area contributed by atoms with E-state index in [1.54, 1.807) is 6.33 Å². The zero-order valence-electron chi connectivity index (χ0n) is 24.7. The highest BCUT2D eigenvalue weighted by molar-refractivity contribution is 6.28. The van der Waals surface area contributed by atoms with E-state index < -0.39 is 12.0 Å². The second-order valence-electron chi connectivity index (χ2n) is 11.6. The van der Waals surface area contributed by atoms with Crippen molar-refractivity contribution >= 4 is 51.4 Å². The van der Waals surface area contributed by atoms with Gasteiger partial charge in [0.2, 0.25) is 11.2 Å². The minimum absolute atomic E-state index is 0.0315. The minimum Gasteiger partial charge on any atom is -0.459 e. The minimum atomic E-state index is -0.905. The van der Waals surface area contributed by atoms with Crippen molar-refractivity contribution in [2.45, 2.75) is 63.4 Å². The van der Waals surface area contributed by atoms with E-state index >= 15 is 0 Å². The molecule has 45 heavy (non-hydrogen) atoms. The molecule has 0 radical (unpaired) electrons. The van der Waals surface area contributed by atoms with Crippen molar-refractivity contribution in [3.8, 4) is 0 Å². The molecule has 1 unspecified atom stereocenters. The number of aromatic nitrogens is 5. The van der Waals surface area contributed by atoms with Crippen molar-refractivity contribution < 1.29 is 19.1 Å². The highest BCUT2D eigenvalue weighted by Gasteiger charge is 2.35. The average Bonchev–Trinajstić information content (AvgIpc) is 3.70. The quantitative estimate of drug-likeness (QED) is 0.153. The molecule has 2 aromatic carbocycles. The molecule has 0 spiro atoms. The summed E-state index contributed by atoms with van der Waals surface area (Å²) in [6.45, 7) is 0.757. The number of halogens is 1. The molecule has 1 saturated heterocycles. The second kappa shape index (κ2) is 12.9. The van der Waals surface area contributed by atoms with Gasteiger partial charge in [0.15, 0.2) is 17.0 Å². The van der Waals surface area contributed by atoms with Gasteiger partial charge in [-0.2, -0.15) is 9.97 Å². The first kappa shape index (κ1) is 29.2. The molecule has 2 atom stereocenters. The SMILES string of the molecule is O=C(CN(c1nc(Cl)nc2c1ncn2C1CCCCO1)C1CC1)N[C@@H](Cc1c[nH]c2ccccc12)C(=O)OCc1ccccc1. The van der Waals surface area contributed by atoms with Crippen molar-refractivity contribution in [2.75, 3.05) is 18.1 Å². The number of rotatable bonds is 11. The molecule has 2 aliphatic rings. The molecule has 7 rings (SSSR count). The number of esters is 1. The maximum Gasteiger partial charge on any atom is 0.329 e. The number of carbonyl (C=O) groups is 2. The van der Waals surface area contributed by atoms with E-state index in [0.717, 1.165) is 54.1 Å². The van der Waals surface area contributed by atoms with Gasteiger partial charge in [0.1, 0.15) is 18.9 Å². The molecule has 1 saturated carbocycles. The molecule has 5 aromatic rings. The lowest BCUT2D eigenvalue weighted by Gasteiger charge is -2.26. The summed E-state index contributed by atoms with van der Waals surface area (Å²) in [4.78, 5) is 46.0. The number of ether oxygens (including phenoxy) is 2. The van der Waals surface area contributed by atoms with E-state index in [-0.39, 0.29) is 43.0 Å². The Labute approximate surface area is 264 Å². The van der Waals surface area contributed by atoms with Crippen LogP contribution in [0.2, 0.25) is 5.28 Å².